The Morgan fingerprint density at radius 1 is 1.27 bits per heavy atom. The molecule has 1 aromatic carbocycles. The minimum Gasteiger partial charge on any atom is -0.226 e. The Bertz CT molecular complexity index is 502. The number of halogens is 3. The summed E-state index contributed by atoms with van der Waals surface area (Å²) in [5.41, 5.74) is 1.15. The van der Waals surface area contributed by atoms with Gasteiger partial charge in [0.25, 0.3) is 0 Å². The van der Waals surface area contributed by atoms with E-state index >= 15 is 0 Å². The number of benzene rings is 1. The molecule has 2 rings (SSSR count). The lowest BCUT2D eigenvalue weighted by atomic mass is 10.1. The molecule has 0 aliphatic carbocycles. The van der Waals surface area contributed by atoms with Gasteiger partial charge in [-0.3, -0.25) is 0 Å². The average Bonchev–Trinajstić information content (AvgIpc) is 2.22. The highest BCUT2D eigenvalue weighted by atomic mass is 79.9. The van der Waals surface area contributed by atoms with Crippen LogP contribution in [0.3, 0.4) is 0 Å². The topological polar surface area (TPSA) is 12.9 Å². The van der Waals surface area contributed by atoms with Gasteiger partial charge in [-0.15, -0.1) is 0 Å². The molecule has 0 fully saturated rings. The number of hydrogen-bond acceptors (Lipinski definition) is 1. The van der Waals surface area contributed by atoms with Gasteiger partial charge < -0.3 is 0 Å². The molecular weight excluding hydrogens is 280 g/mol. The van der Waals surface area contributed by atoms with E-state index in [1.54, 1.807) is 12.1 Å². The predicted molar refractivity (Wildman–Crippen MR) is 62.3 cm³/mol. The molecule has 0 N–H and O–H groups in total. The molecule has 0 aliphatic rings. The van der Waals surface area contributed by atoms with Crippen LogP contribution in [0.15, 0.2) is 41.0 Å². The number of nitrogens with zero attached hydrogens (tertiary/aromatic N) is 1. The summed E-state index contributed by atoms with van der Waals surface area (Å²) >= 11 is 9.09. The molecule has 76 valence electrons. The summed E-state index contributed by atoms with van der Waals surface area (Å²) < 4.78 is 14.3. The zero-order chi connectivity index (χ0) is 10.8. The fourth-order valence-electron chi connectivity index (χ4n) is 1.28. The van der Waals surface area contributed by atoms with E-state index < -0.39 is 5.95 Å². The number of pyridine rings is 1. The van der Waals surface area contributed by atoms with Gasteiger partial charge in [0.05, 0.1) is 5.02 Å². The third kappa shape index (κ3) is 2.36. The first-order valence-electron chi connectivity index (χ1n) is 4.24. The molecule has 1 nitrogen and oxygen atoms in total. The Morgan fingerprint density at radius 2 is 2.07 bits per heavy atom. The van der Waals surface area contributed by atoms with Crippen LogP contribution in [0.25, 0.3) is 11.1 Å². The summed E-state index contributed by atoms with van der Waals surface area (Å²) in [7, 11) is 0. The minimum atomic E-state index is -0.516. The van der Waals surface area contributed by atoms with Gasteiger partial charge in [-0.05, 0) is 23.8 Å². The third-order valence-electron chi connectivity index (χ3n) is 1.94. The fourth-order valence-corrected chi connectivity index (χ4v) is 1.84. The second-order valence-electron chi connectivity index (χ2n) is 3.00. The SMILES string of the molecule is Fc1ncc(Cl)cc1-c1cccc(Br)c1. The van der Waals surface area contributed by atoms with Crippen LogP contribution in [0.2, 0.25) is 5.02 Å². The summed E-state index contributed by atoms with van der Waals surface area (Å²) in [6, 6.07) is 8.89. The quantitative estimate of drug-likeness (QED) is 0.712. The van der Waals surface area contributed by atoms with Crippen molar-refractivity contribution < 1.29 is 4.39 Å². The highest BCUT2D eigenvalue weighted by Gasteiger charge is 2.07. The van der Waals surface area contributed by atoms with E-state index in [2.05, 4.69) is 20.9 Å². The second-order valence-corrected chi connectivity index (χ2v) is 4.35. The molecular formula is C11H6BrClFN. The standard InChI is InChI=1S/C11H6BrClFN/c12-8-3-1-2-7(4-8)10-5-9(13)6-15-11(10)14/h1-6H. The van der Waals surface area contributed by atoms with E-state index in [4.69, 9.17) is 11.6 Å². The summed E-state index contributed by atoms with van der Waals surface area (Å²) in [5, 5.41) is 0.423. The molecule has 0 bridgehead atoms. The molecule has 4 heteroatoms. The van der Waals surface area contributed by atoms with Gasteiger partial charge in [-0.2, -0.15) is 4.39 Å². The van der Waals surface area contributed by atoms with Gasteiger partial charge in [-0.25, -0.2) is 4.98 Å². The lowest BCUT2D eigenvalue weighted by molar-refractivity contribution is 0.587. The largest absolute Gasteiger partial charge is 0.226 e. The zero-order valence-electron chi connectivity index (χ0n) is 7.55. The molecule has 1 aromatic heterocycles. The van der Waals surface area contributed by atoms with Gasteiger partial charge >= 0.3 is 0 Å². The van der Waals surface area contributed by atoms with Gasteiger partial charge in [-0.1, -0.05) is 39.7 Å². The molecule has 0 atom stereocenters. The summed E-state index contributed by atoms with van der Waals surface area (Å²) in [4.78, 5) is 3.57. The molecule has 0 saturated carbocycles. The van der Waals surface area contributed by atoms with Crippen LogP contribution in [0, 0.1) is 5.95 Å². The summed E-state index contributed by atoms with van der Waals surface area (Å²) in [6.45, 7) is 0. The smallest absolute Gasteiger partial charge is 0.220 e. The van der Waals surface area contributed by atoms with Crippen LogP contribution in [0.4, 0.5) is 4.39 Å². The van der Waals surface area contributed by atoms with Crippen molar-refractivity contribution in [3.63, 3.8) is 0 Å². The molecule has 15 heavy (non-hydrogen) atoms. The molecule has 2 aromatic rings. The Hall–Kier alpha value is -0.930. The second kappa shape index (κ2) is 4.29. The van der Waals surface area contributed by atoms with Crippen molar-refractivity contribution in [2.45, 2.75) is 0 Å². The summed E-state index contributed by atoms with van der Waals surface area (Å²) in [6.07, 6.45) is 1.29. The van der Waals surface area contributed by atoms with E-state index in [9.17, 15) is 4.39 Å². The predicted octanol–water partition coefficient (Wildman–Crippen LogP) is 4.30. The van der Waals surface area contributed by atoms with Crippen LogP contribution >= 0.6 is 27.5 Å². The number of hydrogen-bond donors (Lipinski definition) is 0. The highest BCUT2D eigenvalue weighted by molar-refractivity contribution is 9.10. The third-order valence-corrected chi connectivity index (χ3v) is 2.64. The lowest BCUT2D eigenvalue weighted by Crippen LogP contribution is -1.88. The maximum Gasteiger partial charge on any atom is 0.220 e. The monoisotopic (exact) mass is 285 g/mol. The van der Waals surface area contributed by atoms with Gasteiger partial charge in [0.15, 0.2) is 0 Å². The molecule has 0 saturated heterocycles. The number of aromatic nitrogens is 1. The lowest BCUT2D eigenvalue weighted by Gasteiger charge is -2.03. The Morgan fingerprint density at radius 3 is 2.80 bits per heavy atom. The van der Waals surface area contributed by atoms with E-state index in [-0.39, 0.29) is 0 Å². The Labute approximate surface area is 100 Å². The normalized spacial score (nSPS) is 10.3. The first kappa shape index (κ1) is 10.6. The van der Waals surface area contributed by atoms with Crippen molar-refractivity contribution in [2.24, 2.45) is 0 Å². The molecule has 0 radical (unpaired) electrons. The van der Waals surface area contributed by atoms with Crippen molar-refractivity contribution >= 4 is 27.5 Å². The zero-order valence-corrected chi connectivity index (χ0v) is 9.89. The van der Waals surface area contributed by atoms with Gasteiger partial charge in [0.2, 0.25) is 5.95 Å². The first-order chi connectivity index (χ1) is 7.16. The maximum atomic E-state index is 13.4. The fraction of sp³-hybridized carbons (Fsp3) is 0. The Kier molecular flexibility index (Phi) is 3.03. The Balaban J connectivity index is 2.58. The van der Waals surface area contributed by atoms with E-state index in [1.807, 2.05) is 18.2 Å². The first-order valence-corrected chi connectivity index (χ1v) is 5.41. The van der Waals surface area contributed by atoms with Crippen LogP contribution in [0.5, 0.6) is 0 Å². The van der Waals surface area contributed by atoms with Crippen molar-refractivity contribution in [2.75, 3.05) is 0 Å². The van der Waals surface area contributed by atoms with Crippen LogP contribution in [0.1, 0.15) is 0 Å². The van der Waals surface area contributed by atoms with E-state index in [0.29, 0.717) is 10.6 Å². The van der Waals surface area contributed by atoms with Crippen LogP contribution in [-0.2, 0) is 0 Å². The van der Waals surface area contributed by atoms with Crippen molar-refractivity contribution in [1.29, 1.82) is 0 Å². The maximum absolute atomic E-state index is 13.4. The molecule has 0 amide bonds. The molecule has 1 heterocycles. The molecule has 0 aliphatic heterocycles. The molecule has 0 spiro atoms. The molecule has 0 unspecified atom stereocenters. The minimum absolute atomic E-state index is 0.406. The van der Waals surface area contributed by atoms with E-state index in [1.165, 1.54) is 6.20 Å². The number of rotatable bonds is 1. The van der Waals surface area contributed by atoms with Crippen molar-refractivity contribution in [1.82, 2.24) is 4.98 Å². The van der Waals surface area contributed by atoms with Crippen molar-refractivity contribution in [3.05, 3.63) is 52.0 Å². The van der Waals surface area contributed by atoms with Crippen LogP contribution < -0.4 is 0 Å². The van der Waals surface area contributed by atoms with Crippen molar-refractivity contribution in [3.8, 4) is 11.1 Å². The highest BCUT2D eigenvalue weighted by Crippen LogP contribution is 2.26. The van der Waals surface area contributed by atoms with Gasteiger partial charge in [0.1, 0.15) is 0 Å². The average molecular weight is 287 g/mol. The summed E-state index contributed by atoms with van der Waals surface area (Å²) in [5.74, 6) is -0.516. The van der Waals surface area contributed by atoms with Crippen LogP contribution in [-0.4, -0.2) is 4.98 Å². The van der Waals surface area contributed by atoms with E-state index in [0.717, 1.165) is 10.0 Å². The van der Waals surface area contributed by atoms with Gasteiger partial charge in [0, 0.05) is 16.2 Å².